The third-order valence-electron chi connectivity index (χ3n) is 3.80. The number of nitrogens with one attached hydrogen (secondary N) is 3. The summed E-state index contributed by atoms with van der Waals surface area (Å²) in [5.41, 5.74) is 0.559. The number of benzene rings is 1. The van der Waals surface area contributed by atoms with Gasteiger partial charge >= 0.3 is 0 Å². The van der Waals surface area contributed by atoms with Crippen LogP contribution < -0.4 is 16.0 Å². The van der Waals surface area contributed by atoms with Gasteiger partial charge in [0, 0.05) is 19.0 Å². The summed E-state index contributed by atoms with van der Waals surface area (Å²) in [7, 11) is 0. The van der Waals surface area contributed by atoms with Gasteiger partial charge in [0.05, 0.1) is 5.69 Å². The molecule has 120 valence electrons. The zero-order chi connectivity index (χ0) is 15.9. The maximum atomic E-state index is 13.5. The summed E-state index contributed by atoms with van der Waals surface area (Å²) in [4.78, 5) is 23.0. The van der Waals surface area contributed by atoms with Gasteiger partial charge in [-0.05, 0) is 56.5 Å². The van der Waals surface area contributed by atoms with Crippen molar-refractivity contribution in [2.45, 2.75) is 32.6 Å². The monoisotopic (exact) mass is 307 g/mol. The van der Waals surface area contributed by atoms with E-state index in [4.69, 9.17) is 0 Å². The number of piperidine rings is 1. The predicted molar refractivity (Wildman–Crippen MR) is 84.2 cm³/mol. The van der Waals surface area contributed by atoms with Gasteiger partial charge in [-0.25, -0.2) is 4.39 Å². The maximum absolute atomic E-state index is 13.5. The molecule has 3 N–H and O–H groups in total. The van der Waals surface area contributed by atoms with E-state index in [2.05, 4.69) is 16.0 Å². The fraction of sp³-hybridized carbons (Fsp3) is 0.500. The molecule has 0 aliphatic carbocycles. The molecule has 0 saturated carbocycles. The van der Waals surface area contributed by atoms with Crippen LogP contribution >= 0.6 is 0 Å². The first kappa shape index (κ1) is 16.4. The van der Waals surface area contributed by atoms with Gasteiger partial charge in [-0.2, -0.15) is 0 Å². The summed E-state index contributed by atoms with van der Waals surface area (Å²) in [6.07, 6.45) is 3.54. The molecular weight excluding hydrogens is 285 g/mol. The van der Waals surface area contributed by atoms with E-state index in [0.29, 0.717) is 18.0 Å². The molecular formula is C16H22FN3O2. The van der Waals surface area contributed by atoms with Crippen molar-refractivity contribution < 1.29 is 14.0 Å². The molecule has 0 radical (unpaired) electrons. The quantitative estimate of drug-likeness (QED) is 0.783. The molecule has 1 saturated heterocycles. The van der Waals surface area contributed by atoms with Gasteiger partial charge in [0.15, 0.2) is 0 Å². The zero-order valence-corrected chi connectivity index (χ0v) is 12.7. The smallest absolute Gasteiger partial charge is 0.224 e. The number of amides is 2. The van der Waals surface area contributed by atoms with Gasteiger partial charge < -0.3 is 16.0 Å². The van der Waals surface area contributed by atoms with Crippen molar-refractivity contribution >= 4 is 23.2 Å². The third kappa shape index (κ3) is 5.11. The lowest BCUT2D eigenvalue weighted by atomic mass is 9.93. The van der Waals surface area contributed by atoms with Crippen LogP contribution in [0.15, 0.2) is 18.2 Å². The van der Waals surface area contributed by atoms with E-state index < -0.39 is 5.82 Å². The summed E-state index contributed by atoms with van der Waals surface area (Å²) in [6, 6.07) is 4.15. The first-order chi connectivity index (χ1) is 10.5. The van der Waals surface area contributed by atoms with Crippen LogP contribution in [0.4, 0.5) is 15.8 Å². The molecule has 0 unspecified atom stereocenters. The van der Waals surface area contributed by atoms with E-state index in [-0.39, 0.29) is 17.5 Å². The molecule has 1 aromatic rings. The molecule has 2 rings (SSSR count). The lowest BCUT2D eigenvalue weighted by Gasteiger charge is -2.22. The Kier molecular flexibility index (Phi) is 5.89. The molecule has 0 bridgehead atoms. The Morgan fingerprint density at radius 1 is 1.27 bits per heavy atom. The molecule has 1 aliphatic heterocycles. The molecule has 1 heterocycles. The van der Waals surface area contributed by atoms with Gasteiger partial charge in [0.25, 0.3) is 0 Å². The zero-order valence-electron chi connectivity index (χ0n) is 12.7. The average Bonchev–Trinajstić information content (AvgIpc) is 2.49. The van der Waals surface area contributed by atoms with Crippen LogP contribution in [0.1, 0.15) is 32.6 Å². The van der Waals surface area contributed by atoms with E-state index in [1.807, 2.05) is 0 Å². The molecule has 2 amide bonds. The highest BCUT2D eigenvalue weighted by atomic mass is 19.1. The van der Waals surface area contributed by atoms with Crippen LogP contribution in [0, 0.1) is 11.7 Å². The van der Waals surface area contributed by atoms with Crippen molar-refractivity contribution in [1.82, 2.24) is 5.32 Å². The summed E-state index contributed by atoms with van der Waals surface area (Å²) in [5.74, 6) is -0.370. The molecule has 6 heteroatoms. The first-order valence-corrected chi connectivity index (χ1v) is 7.62. The fourth-order valence-corrected chi connectivity index (χ4v) is 2.62. The summed E-state index contributed by atoms with van der Waals surface area (Å²) in [5, 5.41) is 8.45. The first-order valence-electron chi connectivity index (χ1n) is 7.62. The Morgan fingerprint density at radius 3 is 2.68 bits per heavy atom. The lowest BCUT2D eigenvalue weighted by molar-refractivity contribution is -0.116. The number of rotatable bonds is 5. The summed E-state index contributed by atoms with van der Waals surface area (Å²) in [6.45, 7) is 3.35. The average molecular weight is 307 g/mol. The van der Waals surface area contributed by atoms with Gasteiger partial charge in [-0.3, -0.25) is 9.59 Å². The number of hydrogen-bond donors (Lipinski definition) is 3. The molecule has 5 nitrogen and oxygen atoms in total. The molecule has 0 aromatic heterocycles. The normalized spacial score (nSPS) is 15.4. The molecule has 1 fully saturated rings. The molecule has 0 spiro atoms. The fourth-order valence-electron chi connectivity index (χ4n) is 2.62. The van der Waals surface area contributed by atoms with Crippen LogP contribution in [0.5, 0.6) is 0 Å². The Hall–Kier alpha value is -1.95. The predicted octanol–water partition coefficient (Wildman–Crippen LogP) is 2.50. The highest BCUT2D eigenvalue weighted by Gasteiger charge is 2.15. The number of halogens is 1. The van der Waals surface area contributed by atoms with E-state index in [1.165, 1.54) is 25.1 Å². The number of carbonyl (C=O) groups is 2. The molecule has 0 atom stereocenters. The second-order valence-electron chi connectivity index (χ2n) is 5.66. The van der Waals surface area contributed by atoms with Crippen molar-refractivity contribution in [3.63, 3.8) is 0 Å². The maximum Gasteiger partial charge on any atom is 0.224 e. The van der Waals surface area contributed by atoms with Crippen LogP contribution in [-0.2, 0) is 9.59 Å². The second kappa shape index (κ2) is 7.89. The SMILES string of the molecule is CC(=O)Nc1cc(NC(=O)CCC2CCNCC2)ccc1F. The van der Waals surface area contributed by atoms with Crippen LogP contribution in [0.25, 0.3) is 0 Å². The lowest BCUT2D eigenvalue weighted by Crippen LogP contribution is -2.28. The van der Waals surface area contributed by atoms with Gasteiger partial charge in [-0.15, -0.1) is 0 Å². The standard InChI is InChI=1S/C16H22FN3O2/c1-11(21)19-15-10-13(3-4-14(15)17)20-16(22)5-2-12-6-8-18-9-7-12/h3-4,10,12,18H,2,5-9H2,1H3,(H,19,21)(H,20,22). The van der Waals surface area contributed by atoms with E-state index in [9.17, 15) is 14.0 Å². The highest BCUT2D eigenvalue weighted by molar-refractivity contribution is 5.93. The van der Waals surface area contributed by atoms with Crippen molar-refractivity contribution in [2.24, 2.45) is 5.92 Å². The minimum atomic E-state index is -0.525. The van der Waals surface area contributed by atoms with Crippen molar-refractivity contribution in [2.75, 3.05) is 23.7 Å². The van der Waals surface area contributed by atoms with Gasteiger partial charge in [0.1, 0.15) is 5.82 Å². The molecule has 1 aromatic carbocycles. The van der Waals surface area contributed by atoms with Gasteiger partial charge in [-0.1, -0.05) is 0 Å². The molecule has 22 heavy (non-hydrogen) atoms. The second-order valence-corrected chi connectivity index (χ2v) is 5.66. The minimum absolute atomic E-state index is 0.0728. The minimum Gasteiger partial charge on any atom is -0.326 e. The van der Waals surface area contributed by atoms with Crippen LogP contribution in [-0.4, -0.2) is 24.9 Å². The van der Waals surface area contributed by atoms with Gasteiger partial charge in [0.2, 0.25) is 11.8 Å². The summed E-state index contributed by atoms with van der Waals surface area (Å²) < 4.78 is 13.5. The highest BCUT2D eigenvalue weighted by Crippen LogP contribution is 2.21. The Morgan fingerprint density at radius 2 is 2.00 bits per heavy atom. The van der Waals surface area contributed by atoms with E-state index >= 15 is 0 Å². The molecule has 1 aliphatic rings. The van der Waals surface area contributed by atoms with E-state index in [1.54, 1.807) is 0 Å². The largest absolute Gasteiger partial charge is 0.326 e. The number of carbonyl (C=O) groups excluding carboxylic acids is 2. The van der Waals surface area contributed by atoms with Crippen LogP contribution in [0.2, 0.25) is 0 Å². The van der Waals surface area contributed by atoms with Crippen molar-refractivity contribution in [3.05, 3.63) is 24.0 Å². The summed E-state index contributed by atoms with van der Waals surface area (Å²) >= 11 is 0. The number of hydrogen-bond acceptors (Lipinski definition) is 3. The van der Waals surface area contributed by atoms with Crippen LogP contribution in [0.3, 0.4) is 0 Å². The Bertz CT molecular complexity index is 542. The topological polar surface area (TPSA) is 70.2 Å². The Balaban J connectivity index is 1.86. The Labute approximate surface area is 129 Å². The van der Waals surface area contributed by atoms with Crippen molar-refractivity contribution in [3.8, 4) is 0 Å². The van der Waals surface area contributed by atoms with Crippen molar-refractivity contribution in [1.29, 1.82) is 0 Å². The van der Waals surface area contributed by atoms with E-state index in [0.717, 1.165) is 32.4 Å². The number of anilines is 2. The third-order valence-corrected chi connectivity index (χ3v) is 3.80.